The van der Waals surface area contributed by atoms with Crippen molar-refractivity contribution in [2.45, 2.75) is 23.5 Å². The van der Waals surface area contributed by atoms with Crippen LogP contribution in [0.2, 0.25) is 0 Å². The normalized spacial score (nSPS) is 11.4. The number of anilines is 1. The standard InChI is InChI=1S/C19H18N2OS/c1-19(2,23-15-10-4-3-5-11-15)18(22)21-16-12-6-8-14-9-7-13-20-17(14)16/h3-13H,1-2H3,(H,21,22). The maximum Gasteiger partial charge on any atom is 0.240 e. The zero-order valence-electron chi connectivity index (χ0n) is 13.1. The number of nitrogens with one attached hydrogen (secondary N) is 1. The van der Waals surface area contributed by atoms with Crippen LogP contribution in [-0.2, 0) is 4.79 Å². The molecule has 0 aliphatic rings. The highest BCUT2D eigenvalue weighted by molar-refractivity contribution is 8.01. The molecule has 4 heteroatoms. The molecule has 0 aliphatic heterocycles. The molecule has 1 N–H and O–H groups in total. The summed E-state index contributed by atoms with van der Waals surface area (Å²) < 4.78 is -0.585. The van der Waals surface area contributed by atoms with Gasteiger partial charge in [0.25, 0.3) is 0 Å². The number of rotatable bonds is 4. The third-order valence-corrected chi connectivity index (χ3v) is 4.75. The Hall–Kier alpha value is -2.33. The zero-order chi connectivity index (χ0) is 16.3. The molecule has 0 radical (unpaired) electrons. The second-order valence-corrected chi connectivity index (χ2v) is 7.46. The van der Waals surface area contributed by atoms with E-state index in [1.165, 1.54) is 0 Å². The van der Waals surface area contributed by atoms with Gasteiger partial charge in [0, 0.05) is 16.5 Å². The highest BCUT2D eigenvalue weighted by Crippen LogP contribution is 2.33. The molecule has 0 saturated heterocycles. The molecule has 0 fully saturated rings. The first-order valence-electron chi connectivity index (χ1n) is 7.45. The number of carbonyl (C=O) groups excluding carboxylic acids is 1. The summed E-state index contributed by atoms with van der Waals surface area (Å²) in [5, 5.41) is 4.04. The van der Waals surface area contributed by atoms with Crippen LogP contribution in [0, 0.1) is 0 Å². The summed E-state index contributed by atoms with van der Waals surface area (Å²) in [7, 11) is 0. The molecule has 1 heterocycles. The first-order chi connectivity index (χ1) is 11.1. The van der Waals surface area contributed by atoms with Crippen LogP contribution in [-0.4, -0.2) is 15.6 Å². The van der Waals surface area contributed by atoms with Gasteiger partial charge in [0.15, 0.2) is 0 Å². The third-order valence-electron chi connectivity index (χ3n) is 3.54. The monoisotopic (exact) mass is 322 g/mol. The molecule has 0 unspecified atom stereocenters. The zero-order valence-corrected chi connectivity index (χ0v) is 13.9. The largest absolute Gasteiger partial charge is 0.323 e. The Kier molecular flexibility index (Phi) is 4.35. The number of amides is 1. The number of hydrogen-bond acceptors (Lipinski definition) is 3. The van der Waals surface area contributed by atoms with Crippen molar-refractivity contribution in [1.82, 2.24) is 4.98 Å². The van der Waals surface area contributed by atoms with E-state index in [-0.39, 0.29) is 5.91 Å². The van der Waals surface area contributed by atoms with Crippen LogP contribution < -0.4 is 5.32 Å². The maximum absolute atomic E-state index is 12.7. The lowest BCUT2D eigenvalue weighted by Crippen LogP contribution is -2.34. The van der Waals surface area contributed by atoms with E-state index in [0.29, 0.717) is 0 Å². The van der Waals surface area contributed by atoms with Crippen molar-refractivity contribution in [3.05, 3.63) is 66.9 Å². The average Bonchev–Trinajstić information content (AvgIpc) is 2.55. The first kappa shape index (κ1) is 15.6. The number of fused-ring (bicyclic) bond motifs is 1. The van der Waals surface area contributed by atoms with Gasteiger partial charge in [0.05, 0.1) is 16.0 Å². The van der Waals surface area contributed by atoms with Gasteiger partial charge in [0.1, 0.15) is 0 Å². The minimum absolute atomic E-state index is 0.0375. The van der Waals surface area contributed by atoms with Crippen LogP contribution in [0.1, 0.15) is 13.8 Å². The lowest BCUT2D eigenvalue weighted by molar-refractivity contribution is -0.117. The topological polar surface area (TPSA) is 42.0 Å². The van der Waals surface area contributed by atoms with Crippen LogP contribution >= 0.6 is 11.8 Å². The van der Waals surface area contributed by atoms with E-state index < -0.39 is 4.75 Å². The first-order valence-corrected chi connectivity index (χ1v) is 8.27. The van der Waals surface area contributed by atoms with E-state index >= 15 is 0 Å². The summed E-state index contributed by atoms with van der Waals surface area (Å²) in [6.07, 6.45) is 1.74. The molecule has 0 atom stereocenters. The van der Waals surface area contributed by atoms with Crippen molar-refractivity contribution in [3.63, 3.8) is 0 Å². The predicted octanol–water partition coefficient (Wildman–Crippen LogP) is 4.74. The highest BCUT2D eigenvalue weighted by Gasteiger charge is 2.29. The van der Waals surface area contributed by atoms with Crippen LogP contribution in [0.5, 0.6) is 0 Å². The highest BCUT2D eigenvalue weighted by atomic mass is 32.2. The molecule has 1 aromatic heterocycles. The van der Waals surface area contributed by atoms with E-state index in [2.05, 4.69) is 10.3 Å². The van der Waals surface area contributed by atoms with Crippen LogP contribution in [0.3, 0.4) is 0 Å². The van der Waals surface area contributed by atoms with E-state index in [1.807, 2.05) is 74.5 Å². The second-order valence-electron chi connectivity index (χ2n) is 5.76. The molecule has 0 saturated carbocycles. The molecule has 23 heavy (non-hydrogen) atoms. The molecule has 116 valence electrons. The van der Waals surface area contributed by atoms with Gasteiger partial charge in [-0.3, -0.25) is 9.78 Å². The Morgan fingerprint density at radius 1 is 1.00 bits per heavy atom. The van der Waals surface area contributed by atoms with Crippen molar-refractivity contribution in [1.29, 1.82) is 0 Å². The van der Waals surface area contributed by atoms with Crippen LogP contribution in [0.15, 0.2) is 71.8 Å². The molecule has 3 nitrogen and oxygen atoms in total. The number of para-hydroxylation sites is 1. The van der Waals surface area contributed by atoms with Crippen molar-refractivity contribution in [2.75, 3.05) is 5.32 Å². The minimum atomic E-state index is -0.585. The summed E-state index contributed by atoms with van der Waals surface area (Å²) >= 11 is 1.55. The van der Waals surface area contributed by atoms with Gasteiger partial charge < -0.3 is 5.32 Å². The number of hydrogen-bond donors (Lipinski definition) is 1. The van der Waals surface area contributed by atoms with Gasteiger partial charge >= 0.3 is 0 Å². The molecule has 0 aliphatic carbocycles. The second kappa shape index (κ2) is 6.42. The van der Waals surface area contributed by atoms with Crippen molar-refractivity contribution in [3.8, 4) is 0 Å². The Balaban J connectivity index is 1.82. The van der Waals surface area contributed by atoms with Gasteiger partial charge in [-0.25, -0.2) is 0 Å². The van der Waals surface area contributed by atoms with Crippen LogP contribution in [0.25, 0.3) is 10.9 Å². The summed E-state index contributed by atoms with van der Waals surface area (Å²) in [4.78, 5) is 18.2. The van der Waals surface area contributed by atoms with Crippen molar-refractivity contribution >= 4 is 34.3 Å². The lowest BCUT2D eigenvalue weighted by atomic mass is 10.1. The van der Waals surface area contributed by atoms with Crippen molar-refractivity contribution < 1.29 is 4.79 Å². The van der Waals surface area contributed by atoms with Gasteiger partial charge in [-0.2, -0.15) is 0 Å². The number of thioether (sulfide) groups is 1. The van der Waals surface area contributed by atoms with Gasteiger partial charge in [0.2, 0.25) is 5.91 Å². The lowest BCUT2D eigenvalue weighted by Gasteiger charge is -2.23. The maximum atomic E-state index is 12.7. The van der Waals surface area contributed by atoms with E-state index in [4.69, 9.17) is 0 Å². The number of carbonyl (C=O) groups is 1. The number of benzene rings is 2. The number of nitrogens with zero attached hydrogens (tertiary/aromatic N) is 1. The van der Waals surface area contributed by atoms with Gasteiger partial charge in [-0.15, -0.1) is 11.8 Å². The fraction of sp³-hybridized carbons (Fsp3) is 0.158. The molecule has 0 bridgehead atoms. The molecule has 3 aromatic rings. The number of pyridine rings is 1. The Bertz CT molecular complexity index is 826. The molecule has 3 rings (SSSR count). The Morgan fingerprint density at radius 3 is 2.52 bits per heavy atom. The molecule has 1 amide bonds. The average molecular weight is 322 g/mol. The van der Waals surface area contributed by atoms with E-state index in [9.17, 15) is 4.79 Å². The fourth-order valence-corrected chi connectivity index (χ4v) is 3.33. The van der Waals surface area contributed by atoms with Gasteiger partial charge in [-0.1, -0.05) is 36.4 Å². The van der Waals surface area contributed by atoms with E-state index in [0.717, 1.165) is 21.5 Å². The Morgan fingerprint density at radius 2 is 1.74 bits per heavy atom. The third kappa shape index (κ3) is 3.54. The smallest absolute Gasteiger partial charge is 0.240 e. The minimum Gasteiger partial charge on any atom is -0.323 e. The summed E-state index contributed by atoms with van der Waals surface area (Å²) in [6, 6.07) is 19.6. The number of aromatic nitrogens is 1. The van der Waals surface area contributed by atoms with Crippen molar-refractivity contribution in [2.24, 2.45) is 0 Å². The fourth-order valence-electron chi connectivity index (χ4n) is 2.31. The molecular formula is C19H18N2OS. The summed E-state index contributed by atoms with van der Waals surface area (Å²) in [5.41, 5.74) is 1.55. The van der Waals surface area contributed by atoms with Crippen LogP contribution in [0.4, 0.5) is 5.69 Å². The molecule has 0 spiro atoms. The summed E-state index contributed by atoms with van der Waals surface area (Å²) in [5.74, 6) is -0.0375. The predicted molar refractivity (Wildman–Crippen MR) is 96.8 cm³/mol. The summed E-state index contributed by atoms with van der Waals surface area (Å²) in [6.45, 7) is 3.86. The SMILES string of the molecule is CC(C)(Sc1ccccc1)C(=O)Nc1cccc2cccnc12. The molecule has 2 aromatic carbocycles. The quantitative estimate of drug-likeness (QED) is 0.705. The van der Waals surface area contributed by atoms with E-state index in [1.54, 1.807) is 18.0 Å². The Labute approximate surface area is 140 Å². The molecular weight excluding hydrogens is 304 g/mol. The van der Waals surface area contributed by atoms with Gasteiger partial charge in [-0.05, 0) is 38.1 Å².